The summed E-state index contributed by atoms with van der Waals surface area (Å²) in [4.78, 5) is 60.9. The van der Waals surface area contributed by atoms with Crippen LogP contribution in [0.2, 0.25) is 0 Å². The number of alkyl halides is 2. The number of aliphatic hydroxyl groups is 2. The SMILES string of the molecule is O=P([O-])([O-])C(O)P(=O)([O-])OCCl.O=P([O-])([O-])C(O)P(=O)([O-])OCCl.[Cd+2].[Cd+2].[Cd+2]. The van der Waals surface area contributed by atoms with E-state index >= 15 is 0 Å². The molecule has 0 amide bonds. The van der Waals surface area contributed by atoms with E-state index < -0.39 is 53.7 Å². The monoisotopic (exact) mass is 816 g/mol. The fraction of sp³-hybridized carbons (Fsp3) is 1.00. The Morgan fingerprint density at radius 1 is 0.667 bits per heavy atom. The Bertz CT molecular complexity index is 531. The van der Waals surface area contributed by atoms with Crippen molar-refractivity contribution in [2.75, 3.05) is 12.1 Å². The molecule has 27 heavy (non-hydrogen) atoms. The summed E-state index contributed by atoms with van der Waals surface area (Å²) in [5.74, 6) is 0. The van der Waals surface area contributed by atoms with Crippen molar-refractivity contribution in [2.45, 2.75) is 11.2 Å². The standard InChI is InChI=1S/2C2H7ClO7P2.3Cd/c2*3-1-10-12(8,9)2(4)11(5,6)7;;;/h2*2,4H,1H2,(H,8,9)(H2,5,6,7);;;/q;;3*+2/p-6. The average molecular weight is 812 g/mol. The van der Waals surface area contributed by atoms with E-state index in [1.807, 2.05) is 0 Å². The average Bonchev–Trinajstić information content (AvgIpc) is 2.35. The maximum absolute atomic E-state index is 10.5. The molecule has 0 aliphatic carbocycles. The fourth-order valence-corrected chi connectivity index (χ4v) is 5.14. The Morgan fingerprint density at radius 2 is 0.852 bits per heavy atom. The summed E-state index contributed by atoms with van der Waals surface area (Å²) >= 11 is 9.56. The molecule has 0 aliphatic rings. The maximum atomic E-state index is 10.5. The third kappa shape index (κ3) is 18.0. The van der Waals surface area contributed by atoms with Gasteiger partial charge in [-0.05, 0) is 15.2 Å². The number of halogens is 2. The van der Waals surface area contributed by atoms with Crippen molar-refractivity contribution in [3.63, 3.8) is 0 Å². The second kappa shape index (κ2) is 17.4. The first kappa shape index (κ1) is 41.2. The fourth-order valence-electron chi connectivity index (χ4n) is 0.616. The Kier molecular flexibility index (Phi) is 26.5. The van der Waals surface area contributed by atoms with Gasteiger partial charge in [-0.3, -0.25) is 0 Å². The molecular formula is C4H8Cd3Cl2O14P4. The van der Waals surface area contributed by atoms with E-state index in [-0.39, 0.29) is 81.9 Å². The quantitative estimate of drug-likeness (QED) is 0.134. The van der Waals surface area contributed by atoms with Gasteiger partial charge in [0.25, 0.3) is 0 Å². The van der Waals surface area contributed by atoms with Gasteiger partial charge in [0.15, 0.2) is 15.2 Å². The molecule has 2 N–H and O–H groups in total. The molecule has 0 saturated heterocycles. The molecule has 0 aromatic carbocycles. The molecule has 0 saturated carbocycles. The van der Waals surface area contributed by atoms with Crippen LogP contribution in [0, 0.1) is 0 Å². The van der Waals surface area contributed by atoms with Crippen LogP contribution in [0.15, 0.2) is 0 Å². The maximum Gasteiger partial charge on any atom is 2.00 e. The second-order valence-electron chi connectivity index (χ2n) is 3.33. The molecule has 23 heteroatoms. The normalized spacial score (nSPS) is 17.9. The van der Waals surface area contributed by atoms with E-state index in [2.05, 4.69) is 9.05 Å². The van der Waals surface area contributed by atoms with E-state index in [4.69, 9.17) is 33.4 Å². The van der Waals surface area contributed by atoms with Gasteiger partial charge in [-0.15, -0.1) is 0 Å². The minimum atomic E-state index is -5.61. The molecule has 14 nitrogen and oxygen atoms in total. The van der Waals surface area contributed by atoms with Gasteiger partial charge >= 0.3 is 81.9 Å². The van der Waals surface area contributed by atoms with Gasteiger partial charge in [0, 0.05) is 0 Å². The van der Waals surface area contributed by atoms with E-state index in [0.717, 1.165) is 0 Å². The zero-order valence-electron chi connectivity index (χ0n) is 13.0. The summed E-state index contributed by atoms with van der Waals surface area (Å²) in [7, 11) is -21.5. The van der Waals surface area contributed by atoms with Crippen LogP contribution in [0.5, 0.6) is 0 Å². The molecular weight excluding hydrogens is 804 g/mol. The summed E-state index contributed by atoms with van der Waals surface area (Å²) < 4.78 is 48.2. The Labute approximate surface area is 223 Å². The summed E-state index contributed by atoms with van der Waals surface area (Å²) in [6, 6.07) is -1.73. The predicted molar refractivity (Wildman–Crippen MR) is 66.0 cm³/mol. The van der Waals surface area contributed by atoms with E-state index in [1.165, 1.54) is 0 Å². The molecule has 4 atom stereocenters. The smallest absolute Gasteiger partial charge is 0.809 e. The van der Waals surface area contributed by atoms with Crippen molar-refractivity contribution in [3.05, 3.63) is 0 Å². The molecule has 0 spiro atoms. The van der Waals surface area contributed by atoms with Crippen LogP contribution < -0.4 is 29.4 Å². The Balaban J connectivity index is -0.000000108. The molecule has 0 heterocycles. The molecule has 0 rings (SSSR count). The van der Waals surface area contributed by atoms with Gasteiger partial charge < -0.3 is 66.9 Å². The van der Waals surface area contributed by atoms with Crippen molar-refractivity contribution < 1.29 is 149 Å². The van der Waals surface area contributed by atoms with E-state index in [1.54, 1.807) is 0 Å². The molecule has 0 bridgehead atoms. The molecule has 0 aromatic heterocycles. The van der Waals surface area contributed by atoms with Crippen molar-refractivity contribution in [1.29, 1.82) is 0 Å². The number of rotatable bonds is 8. The van der Waals surface area contributed by atoms with Crippen LogP contribution in [0.3, 0.4) is 0 Å². The van der Waals surface area contributed by atoms with Crippen LogP contribution in [0.4, 0.5) is 0 Å². The first-order valence-corrected chi connectivity index (χ1v) is 12.4. The molecule has 0 radical (unpaired) electrons. The van der Waals surface area contributed by atoms with Gasteiger partial charge in [-0.2, -0.15) is 0 Å². The second-order valence-corrected chi connectivity index (χ2v) is 11.4. The third-order valence-electron chi connectivity index (χ3n) is 1.59. The summed E-state index contributed by atoms with van der Waals surface area (Å²) in [6.45, 7) is 0. The summed E-state index contributed by atoms with van der Waals surface area (Å²) in [5, 5.41) is 16.8. The van der Waals surface area contributed by atoms with Gasteiger partial charge in [0.1, 0.15) is 23.3 Å². The first-order chi connectivity index (χ1) is 10.4. The molecule has 0 aliphatic heterocycles. The zero-order valence-corrected chi connectivity index (χ0v) is 30.2. The number of hydrogen-bond donors (Lipinski definition) is 2. The van der Waals surface area contributed by atoms with Crippen molar-refractivity contribution in [2.24, 2.45) is 0 Å². The minimum Gasteiger partial charge on any atom is -0.809 e. The third-order valence-corrected chi connectivity index (χ3v) is 8.75. The van der Waals surface area contributed by atoms with Gasteiger partial charge in [0.2, 0.25) is 0 Å². The largest absolute Gasteiger partial charge is 2.00 e. The number of hydrogen-bond acceptors (Lipinski definition) is 14. The van der Waals surface area contributed by atoms with Gasteiger partial charge in [0.05, 0.1) is 0 Å². The Hall–Kier alpha value is 3.87. The van der Waals surface area contributed by atoms with Gasteiger partial charge in [-0.1, -0.05) is 23.2 Å². The molecule has 148 valence electrons. The van der Waals surface area contributed by atoms with E-state index in [0.29, 0.717) is 0 Å². The van der Waals surface area contributed by atoms with E-state index in [9.17, 15) is 47.6 Å². The van der Waals surface area contributed by atoms with Crippen LogP contribution >= 0.6 is 53.6 Å². The van der Waals surface area contributed by atoms with Crippen LogP contribution in [-0.2, 0) is 109 Å². The molecule has 0 aromatic rings. The Morgan fingerprint density at radius 3 is 0.963 bits per heavy atom. The number of aliphatic hydroxyl groups excluding tert-OH is 2. The van der Waals surface area contributed by atoms with Crippen LogP contribution in [-0.4, -0.2) is 33.5 Å². The predicted octanol–water partition coefficient (Wildman–Crippen LogP) is -4.12. The molecule has 4 unspecified atom stereocenters. The minimum absolute atomic E-state index is 0. The van der Waals surface area contributed by atoms with Crippen molar-refractivity contribution in [1.82, 2.24) is 0 Å². The van der Waals surface area contributed by atoms with Crippen LogP contribution in [0.1, 0.15) is 0 Å². The van der Waals surface area contributed by atoms with Gasteiger partial charge in [-0.25, -0.2) is 0 Å². The van der Waals surface area contributed by atoms with Crippen molar-refractivity contribution in [3.8, 4) is 0 Å². The first-order valence-electron chi connectivity index (χ1n) is 4.85. The van der Waals surface area contributed by atoms with Crippen LogP contribution in [0.25, 0.3) is 0 Å². The topological polar surface area (TPSA) is 266 Å². The summed E-state index contributed by atoms with van der Waals surface area (Å²) in [6.07, 6.45) is 0. The summed E-state index contributed by atoms with van der Waals surface area (Å²) in [5.41, 5.74) is -6.16. The van der Waals surface area contributed by atoms with Crippen molar-refractivity contribution >= 4 is 53.6 Å². The molecule has 0 fully saturated rings. The zero-order chi connectivity index (χ0) is 20.0.